The van der Waals surface area contributed by atoms with E-state index in [4.69, 9.17) is 9.47 Å². The Bertz CT molecular complexity index is 295. The summed E-state index contributed by atoms with van der Waals surface area (Å²) in [5, 5.41) is 0. The molecule has 0 bridgehead atoms. The summed E-state index contributed by atoms with van der Waals surface area (Å²) in [5.41, 5.74) is 1.19. The Morgan fingerprint density at radius 1 is 1.43 bits per heavy atom. The van der Waals surface area contributed by atoms with Crippen molar-refractivity contribution in [3.05, 3.63) is 28.2 Å². The summed E-state index contributed by atoms with van der Waals surface area (Å²) >= 11 is 3.39. The van der Waals surface area contributed by atoms with Crippen molar-refractivity contribution >= 4 is 15.9 Å². The minimum absolute atomic E-state index is 0.298. The van der Waals surface area contributed by atoms with Crippen molar-refractivity contribution < 1.29 is 9.47 Å². The lowest BCUT2D eigenvalue weighted by Gasteiger charge is -2.04. The largest absolute Gasteiger partial charge is 0.496 e. The molecule has 0 N–H and O–H groups in total. The van der Waals surface area contributed by atoms with Gasteiger partial charge in [0.15, 0.2) is 0 Å². The normalized spacial score (nSPS) is 18.1. The number of hydrogen-bond donors (Lipinski definition) is 0. The number of epoxide rings is 1. The van der Waals surface area contributed by atoms with Crippen molar-refractivity contribution in [2.45, 2.75) is 20.0 Å². The van der Waals surface area contributed by atoms with E-state index < -0.39 is 0 Å². The van der Waals surface area contributed by atoms with Gasteiger partial charge in [-0.05, 0) is 33.6 Å². The number of rotatable bonds is 2. The fourth-order valence-corrected chi connectivity index (χ4v) is 1.53. The van der Waals surface area contributed by atoms with Crippen LogP contribution >= 0.6 is 15.9 Å². The summed E-state index contributed by atoms with van der Waals surface area (Å²) in [4.78, 5) is 0. The molecule has 2 nitrogen and oxygen atoms in total. The highest BCUT2D eigenvalue weighted by Gasteiger charge is 2.25. The van der Waals surface area contributed by atoms with Gasteiger partial charge in [0.2, 0.25) is 0 Å². The van der Waals surface area contributed by atoms with Gasteiger partial charge < -0.3 is 9.47 Å². The van der Waals surface area contributed by atoms with Gasteiger partial charge >= 0.3 is 0 Å². The molecule has 1 aromatic rings. The van der Waals surface area contributed by atoms with Gasteiger partial charge in [-0.3, -0.25) is 0 Å². The molecule has 1 heterocycles. The molecule has 1 unspecified atom stereocenters. The zero-order valence-corrected chi connectivity index (χ0v) is 10.3. The summed E-state index contributed by atoms with van der Waals surface area (Å²) in [6.45, 7) is 4.84. The Labute approximate surface area is 93.4 Å². The van der Waals surface area contributed by atoms with Gasteiger partial charge in [0.25, 0.3) is 0 Å². The van der Waals surface area contributed by atoms with Crippen LogP contribution in [0.3, 0.4) is 0 Å². The lowest BCUT2D eigenvalue weighted by atomic mass is 10.1. The third-order valence-electron chi connectivity index (χ3n) is 1.88. The minimum Gasteiger partial charge on any atom is -0.496 e. The van der Waals surface area contributed by atoms with Crippen LogP contribution < -0.4 is 4.74 Å². The average molecular weight is 259 g/mol. The van der Waals surface area contributed by atoms with Crippen LogP contribution in [0.25, 0.3) is 0 Å². The SMILES string of the molecule is CC.COc1cc(C2CO2)ccc1Br. The van der Waals surface area contributed by atoms with Gasteiger partial charge in [-0.15, -0.1) is 0 Å². The van der Waals surface area contributed by atoms with Gasteiger partial charge in [-0.2, -0.15) is 0 Å². The first-order valence-electron chi connectivity index (χ1n) is 4.76. The van der Waals surface area contributed by atoms with Crippen LogP contribution in [0.15, 0.2) is 22.7 Å². The van der Waals surface area contributed by atoms with E-state index in [1.807, 2.05) is 32.0 Å². The van der Waals surface area contributed by atoms with Crippen LogP contribution in [0.2, 0.25) is 0 Å². The molecular weight excluding hydrogens is 244 g/mol. The van der Waals surface area contributed by atoms with Crippen LogP contribution in [-0.4, -0.2) is 13.7 Å². The molecule has 0 spiro atoms. The van der Waals surface area contributed by atoms with E-state index in [1.54, 1.807) is 7.11 Å². The monoisotopic (exact) mass is 258 g/mol. The highest BCUT2D eigenvalue weighted by atomic mass is 79.9. The third-order valence-corrected chi connectivity index (χ3v) is 2.54. The quantitative estimate of drug-likeness (QED) is 0.757. The first-order valence-corrected chi connectivity index (χ1v) is 5.55. The Morgan fingerprint density at radius 2 is 2.07 bits per heavy atom. The molecule has 0 saturated carbocycles. The van der Waals surface area contributed by atoms with Crippen molar-refractivity contribution in [3.8, 4) is 5.75 Å². The van der Waals surface area contributed by atoms with E-state index in [2.05, 4.69) is 15.9 Å². The average Bonchev–Trinajstić information content (AvgIpc) is 3.05. The molecule has 2 rings (SSSR count). The lowest BCUT2D eigenvalue weighted by molar-refractivity contribution is 0.403. The van der Waals surface area contributed by atoms with Crippen LogP contribution in [-0.2, 0) is 4.74 Å². The van der Waals surface area contributed by atoms with E-state index in [0.717, 1.165) is 16.8 Å². The van der Waals surface area contributed by atoms with Crippen molar-refractivity contribution in [2.24, 2.45) is 0 Å². The van der Waals surface area contributed by atoms with Crippen LogP contribution in [0.5, 0.6) is 5.75 Å². The maximum Gasteiger partial charge on any atom is 0.133 e. The molecule has 1 aromatic carbocycles. The topological polar surface area (TPSA) is 21.8 Å². The van der Waals surface area contributed by atoms with Crippen LogP contribution in [0.4, 0.5) is 0 Å². The van der Waals surface area contributed by atoms with Crippen LogP contribution in [0, 0.1) is 0 Å². The Kier molecular flexibility index (Phi) is 4.42. The predicted molar refractivity (Wildman–Crippen MR) is 60.7 cm³/mol. The van der Waals surface area contributed by atoms with E-state index in [9.17, 15) is 0 Å². The van der Waals surface area contributed by atoms with Gasteiger partial charge in [-0.25, -0.2) is 0 Å². The third kappa shape index (κ3) is 2.72. The standard InChI is InChI=1S/C9H9BrO2.C2H6/c1-11-8-4-6(9-5-12-9)2-3-7(8)10;1-2/h2-4,9H,5H2,1H3;1-2H3. The van der Waals surface area contributed by atoms with E-state index in [0.29, 0.717) is 6.10 Å². The molecule has 3 heteroatoms. The highest BCUT2D eigenvalue weighted by Crippen LogP contribution is 2.34. The van der Waals surface area contributed by atoms with Crippen molar-refractivity contribution in [1.29, 1.82) is 0 Å². The van der Waals surface area contributed by atoms with Crippen molar-refractivity contribution in [2.75, 3.05) is 13.7 Å². The zero-order chi connectivity index (χ0) is 10.6. The summed E-state index contributed by atoms with van der Waals surface area (Å²) in [7, 11) is 1.66. The fraction of sp³-hybridized carbons (Fsp3) is 0.455. The number of halogens is 1. The molecular formula is C11H15BrO2. The van der Waals surface area contributed by atoms with Crippen LogP contribution in [0.1, 0.15) is 25.5 Å². The second-order valence-electron chi connectivity index (χ2n) is 2.72. The minimum atomic E-state index is 0.298. The number of benzene rings is 1. The second-order valence-corrected chi connectivity index (χ2v) is 3.57. The molecule has 14 heavy (non-hydrogen) atoms. The number of ether oxygens (including phenoxy) is 2. The Balaban J connectivity index is 0.000000461. The first-order chi connectivity index (χ1) is 6.81. The molecule has 0 aliphatic carbocycles. The zero-order valence-electron chi connectivity index (χ0n) is 8.71. The smallest absolute Gasteiger partial charge is 0.133 e. The fourth-order valence-electron chi connectivity index (χ4n) is 1.12. The maximum atomic E-state index is 5.16. The highest BCUT2D eigenvalue weighted by molar-refractivity contribution is 9.10. The van der Waals surface area contributed by atoms with E-state index >= 15 is 0 Å². The number of hydrogen-bond acceptors (Lipinski definition) is 2. The van der Waals surface area contributed by atoms with E-state index in [1.165, 1.54) is 5.56 Å². The molecule has 1 aliphatic heterocycles. The Morgan fingerprint density at radius 3 is 2.57 bits per heavy atom. The molecule has 78 valence electrons. The lowest BCUT2D eigenvalue weighted by Crippen LogP contribution is -1.87. The van der Waals surface area contributed by atoms with E-state index in [-0.39, 0.29) is 0 Å². The van der Waals surface area contributed by atoms with Crippen molar-refractivity contribution in [1.82, 2.24) is 0 Å². The summed E-state index contributed by atoms with van der Waals surface area (Å²) < 4.78 is 11.3. The van der Waals surface area contributed by atoms with Gasteiger partial charge in [0.1, 0.15) is 11.9 Å². The van der Waals surface area contributed by atoms with Crippen molar-refractivity contribution in [3.63, 3.8) is 0 Å². The van der Waals surface area contributed by atoms with Gasteiger partial charge in [0, 0.05) is 0 Å². The molecule has 0 amide bonds. The summed E-state index contributed by atoms with van der Waals surface area (Å²) in [6.07, 6.45) is 0.298. The first kappa shape index (κ1) is 11.5. The molecule has 1 saturated heterocycles. The summed E-state index contributed by atoms with van der Waals surface area (Å²) in [5.74, 6) is 0.864. The predicted octanol–water partition coefficient (Wildman–Crippen LogP) is 3.56. The summed E-state index contributed by atoms with van der Waals surface area (Å²) in [6, 6.07) is 6.03. The molecule has 0 aromatic heterocycles. The Hall–Kier alpha value is -0.540. The molecule has 1 aliphatic rings. The van der Waals surface area contributed by atoms with Gasteiger partial charge in [0.05, 0.1) is 18.2 Å². The second kappa shape index (κ2) is 5.37. The maximum absolute atomic E-state index is 5.16. The van der Waals surface area contributed by atoms with Gasteiger partial charge in [-0.1, -0.05) is 19.9 Å². The number of methoxy groups -OCH3 is 1. The molecule has 1 atom stereocenters. The molecule has 0 radical (unpaired) electrons. The molecule has 1 fully saturated rings.